The summed E-state index contributed by atoms with van der Waals surface area (Å²) in [5.74, 6) is -0.182. The third-order valence-corrected chi connectivity index (χ3v) is 3.67. The summed E-state index contributed by atoms with van der Waals surface area (Å²) in [4.78, 5) is 16.2. The Kier molecular flexibility index (Phi) is 3.50. The fraction of sp³-hybridized carbons (Fsp3) is 0.0588. The van der Waals surface area contributed by atoms with Crippen molar-refractivity contribution in [3.05, 3.63) is 60.6 Å². The van der Waals surface area contributed by atoms with Crippen LogP contribution in [0, 0.1) is 12.7 Å². The van der Waals surface area contributed by atoms with Crippen molar-refractivity contribution in [2.24, 2.45) is 0 Å². The van der Waals surface area contributed by atoms with E-state index >= 15 is 0 Å². The first-order chi connectivity index (χ1) is 12.1. The molecule has 0 unspecified atom stereocenters. The molecule has 0 radical (unpaired) electrons. The summed E-state index contributed by atoms with van der Waals surface area (Å²) >= 11 is 0. The van der Waals surface area contributed by atoms with Gasteiger partial charge in [0.15, 0.2) is 17.4 Å². The van der Waals surface area contributed by atoms with Crippen LogP contribution in [-0.2, 0) is 0 Å². The lowest BCUT2D eigenvalue weighted by molar-refractivity contribution is 0.410. The second-order valence-electron chi connectivity index (χ2n) is 5.38. The molecule has 0 amide bonds. The predicted molar refractivity (Wildman–Crippen MR) is 90.1 cm³/mol. The molecular formula is C17H13FN6O. The maximum atomic E-state index is 14.5. The largest absolute Gasteiger partial charge is 0.421 e. The minimum atomic E-state index is -0.542. The number of rotatable bonds is 3. The number of hydrogen-bond donors (Lipinski definition) is 1. The lowest BCUT2D eigenvalue weighted by Gasteiger charge is -2.09. The van der Waals surface area contributed by atoms with Gasteiger partial charge in [0.2, 0.25) is 0 Å². The number of anilines is 1. The molecule has 4 aromatic rings. The van der Waals surface area contributed by atoms with Crippen LogP contribution >= 0.6 is 0 Å². The zero-order valence-electron chi connectivity index (χ0n) is 13.2. The normalized spacial score (nSPS) is 11.0. The number of aryl methyl sites for hydroxylation is 1. The number of hydrogen-bond acceptors (Lipinski definition) is 6. The second kappa shape index (κ2) is 5.82. The van der Waals surface area contributed by atoms with Gasteiger partial charge in [-0.2, -0.15) is 0 Å². The van der Waals surface area contributed by atoms with Crippen molar-refractivity contribution in [2.75, 3.05) is 5.73 Å². The van der Waals surface area contributed by atoms with Crippen molar-refractivity contribution >= 4 is 16.9 Å². The average molecular weight is 336 g/mol. The molecule has 3 aromatic heterocycles. The molecule has 0 bridgehead atoms. The molecular weight excluding hydrogens is 323 g/mol. The molecule has 3 heterocycles. The van der Waals surface area contributed by atoms with Crippen LogP contribution in [0.15, 0.2) is 49.1 Å². The molecule has 1 aromatic carbocycles. The van der Waals surface area contributed by atoms with Crippen LogP contribution < -0.4 is 10.5 Å². The highest BCUT2D eigenvalue weighted by Gasteiger charge is 2.12. The standard InChI is InChI=1S/C17H13FN6O/c1-10-4-6-20-17(23-10)25-14-3-2-11(8-12(14)18)24-7-5-13-15(24)16(19)22-9-21-13/h2-9H,1H3,(H2,19,21,22). The zero-order chi connectivity index (χ0) is 17.4. The van der Waals surface area contributed by atoms with Gasteiger partial charge in [0, 0.05) is 29.8 Å². The third-order valence-electron chi connectivity index (χ3n) is 3.67. The third kappa shape index (κ3) is 2.74. The molecule has 7 nitrogen and oxygen atoms in total. The first kappa shape index (κ1) is 15.0. The maximum absolute atomic E-state index is 14.5. The van der Waals surface area contributed by atoms with Gasteiger partial charge in [-0.3, -0.25) is 0 Å². The fourth-order valence-corrected chi connectivity index (χ4v) is 2.51. The highest BCUT2D eigenvalue weighted by molar-refractivity contribution is 5.86. The number of nitrogens with two attached hydrogens (primary N) is 1. The number of halogens is 1. The molecule has 0 atom stereocenters. The van der Waals surface area contributed by atoms with Crippen molar-refractivity contribution < 1.29 is 9.13 Å². The number of ether oxygens (including phenoxy) is 1. The van der Waals surface area contributed by atoms with Crippen LogP contribution in [0.3, 0.4) is 0 Å². The molecule has 2 N–H and O–H groups in total. The monoisotopic (exact) mass is 336 g/mol. The molecule has 25 heavy (non-hydrogen) atoms. The highest BCUT2D eigenvalue weighted by atomic mass is 19.1. The van der Waals surface area contributed by atoms with E-state index in [2.05, 4.69) is 19.9 Å². The molecule has 124 valence electrons. The van der Waals surface area contributed by atoms with E-state index in [1.807, 2.05) is 0 Å². The Morgan fingerprint density at radius 1 is 1.12 bits per heavy atom. The summed E-state index contributed by atoms with van der Waals surface area (Å²) < 4.78 is 21.6. The molecule has 0 aliphatic heterocycles. The lowest BCUT2D eigenvalue weighted by atomic mass is 10.3. The molecule has 0 aliphatic carbocycles. The quantitative estimate of drug-likeness (QED) is 0.618. The Morgan fingerprint density at radius 3 is 2.80 bits per heavy atom. The topological polar surface area (TPSA) is 91.7 Å². The van der Waals surface area contributed by atoms with Gasteiger partial charge in [0.05, 0.1) is 5.52 Å². The molecule has 0 fully saturated rings. The van der Waals surface area contributed by atoms with Crippen LogP contribution in [0.2, 0.25) is 0 Å². The summed E-state index contributed by atoms with van der Waals surface area (Å²) in [6.45, 7) is 1.80. The van der Waals surface area contributed by atoms with Gasteiger partial charge in [-0.1, -0.05) is 0 Å². The van der Waals surface area contributed by atoms with Crippen molar-refractivity contribution in [1.29, 1.82) is 0 Å². The Bertz CT molecular complexity index is 1080. The lowest BCUT2D eigenvalue weighted by Crippen LogP contribution is -2.00. The van der Waals surface area contributed by atoms with Gasteiger partial charge < -0.3 is 15.0 Å². The molecule has 0 aliphatic rings. The van der Waals surface area contributed by atoms with E-state index in [0.717, 1.165) is 5.69 Å². The van der Waals surface area contributed by atoms with E-state index in [-0.39, 0.29) is 11.8 Å². The molecule has 0 saturated heterocycles. The molecule has 4 rings (SSSR count). The van der Waals surface area contributed by atoms with Gasteiger partial charge in [0.25, 0.3) is 0 Å². The Hall–Kier alpha value is -3.55. The van der Waals surface area contributed by atoms with Crippen LogP contribution in [-0.4, -0.2) is 24.5 Å². The Labute approximate surface area is 142 Å². The Balaban J connectivity index is 1.72. The average Bonchev–Trinajstić information content (AvgIpc) is 3.02. The van der Waals surface area contributed by atoms with Crippen molar-refractivity contribution in [3.8, 4) is 17.4 Å². The second-order valence-corrected chi connectivity index (χ2v) is 5.38. The first-order valence-electron chi connectivity index (χ1n) is 7.47. The van der Waals surface area contributed by atoms with Gasteiger partial charge in [-0.15, -0.1) is 0 Å². The van der Waals surface area contributed by atoms with Crippen molar-refractivity contribution in [3.63, 3.8) is 0 Å². The minimum absolute atomic E-state index is 0.0371. The summed E-state index contributed by atoms with van der Waals surface area (Å²) in [6, 6.07) is 8.18. The van der Waals surface area contributed by atoms with E-state index in [1.165, 1.54) is 18.5 Å². The molecule has 0 saturated carbocycles. The van der Waals surface area contributed by atoms with Crippen LogP contribution in [0.4, 0.5) is 10.2 Å². The zero-order valence-corrected chi connectivity index (χ0v) is 13.2. The smallest absolute Gasteiger partial charge is 0.322 e. The van der Waals surface area contributed by atoms with E-state index in [9.17, 15) is 4.39 Å². The maximum Gasteiger partial charge on any atom is 0.322 e. The molecule has 0 spiro atoms. The fourth-order valence-electron chi connectivity index (χ4n) is 2.51. The van der Waals surface area contributed by atoms with E-state index in [0.29, 0.717) is 22.5 Å². The van der Waals surface area contributed by atoms with Gasteiger partial charge in [-0.25, -0.2) is 24.3 Å². The van der Waals surface area contributed by atoms with Crippen LogP contribution in [0.5, 0.6) is 11.8 Å². The number of fused-ring (bicyclic) bond motifs is 1. The summed E-state index contributed by atoms with van der Waals surface area (Å²) in [7, 11) is 0. The number of aromatic nitrogens is 5. The van der Waals surface area contributed by atoms with Crippen molar-refractivity contribution in [2.45, 2.75) is 6.92 Å². The summed E-state index contributed by atoms with van der Waals surface area (Å²) in [5.41, 5.74) is 8.53. The predicted octanol–water partition coefficient (Wildman–Crippen LogP) is 3.03. The summed E-state index contributed by atoms with van der Waals surface area (Å²) in [5, 5.41) is 0. The van der Waals surface area contributed by atoms with Gasteiger partial charge >= 0.3 is 6.01 Å². The van der Waals surface area contributed by atoms with Gasteiger partial charge in [0.1, 0.15) is 11.8 Å². The minimum Gasteiger partial charge on any atom is -0.421 e. The van der Waals surface area contributed by atoms with Crippen molar-refractivity contribution in [1.82, 2.24) is 24.5 Å². The number of nitrogen functional groups attached to an aromatic ring is 1. The van der Waals surface area contributed by atoms with E-state index < -0.39 is 5.82 Å². The van der Waals surface area contributed by atoms with Gasteiger partial charge in [-0.05, 0) is 31.2 Å². The highest BCUT2D eigenvalue weighted by Crippen LogP contribution is 2.27. The number of nitrogens with zero attached hydrogens (tertiary/aromatic N) is 5. The number of benzene rings is 1. The van der Waals surface area contributed by atoms with Crippen LogP contribution in [0.25, 0.3) is 16.7 Å². The van der Waals surface area contributed by atoms with Crippen LogP contribution in [0.1, 0.15) is 5.69 Å². The Morgan fingerprint density at radius 2 is 2.00 bits per heavy atom. The SMILES string of the molecule is Cc1ccnc(Oc2ccc(-n3ccc4ncnc(N)c43)cc2F)n1. The van der Waals surface area contributed by atoms with E-state index in [4.69, 9.17) is 10.5 Å². The molecule has 8 heteroatoms. The van der Waals surface area contributed by atoms with E-state index in [1.54, 1.807) is 42.1 Å². The first-order valence-corrected chi connectivity index (χ1v) is 7.47. The summed E-state index contributed by atoms with van der Waals surface area (Å²) in [6.07, 6.45) is 4.70.